The second-order valence-corrected chi connectivity index (χ2v) is 5.80. The van der Waals surface area contributed by atoms with Crippen LogP contribution in [0.5, 0.6) is 0 Å². The molecule has 0 saturated carbocycles. The molecule has 0 saturated heterocycles. The standard InChI is InChI=1S/C7H16.CH5NO2S/c1-5-6-7(2,3)4;1-5(2,3)4/h5-6H2,1-4H3;1H3,(H2,2,3,4). The van der Waals surface area contributed by atoms with Gasteiger partial charge in [0.15, 0.2) is 0 Å². The maximum atomic E-state index is 9.41. The Hall–Kier alpha value is -0.0900. The molecule has 0 rings (SSSR count). The minimum absolute atomic E-state index is 0.550. The first-order valence-electron chi connectivity index (χ1n) is 4.04. The van der Waals surface area contributed by atoms with Gasteiger partial charge in [0.1, 0.15) is 0 Å². The molecule has 0 aromatic carbocycles. The van der Waals surface area contributed by atoms with Gasteiger partial charge in [0.05, 0.1) is 6.26 Å². The van der Waals surface area contributed by atoms with Crippen molar-refractivity contribution in [2.75, 3.05) is 6.26 Å². The van der Waals surface area contributed by atoms with E-state index in [9.17, 15) is 8.42 Å². The fourth-order valence-corrected chi connectivity index (χ4v) is 0.750. The van der Waals surface area contributed by atoms with Crippen LogP contribution < -0.4 is 5.14 Å². The molecule has 0 bridgehead atoms. The van der Waals surface area contributed by atoms with Gasteiger partial charge in [-0.25, -0.2) is 13.6 Å². The predicted molar refractivity (Wildman–Crippen MR) is 53.4 cm³/mol. The van der Waals surface area contributed by atoms with Gasteiger partial charge in [0.25, 0.3) is 0 Å². The molecule has 2 N–H and O–H groups in total. The molecule has 0 aromatic heterocycles. The van der Waals surface area contributed by atoms with E-state index in [1.807, 2.05) is 0 Å². The van der Waals surface area contributed by atoms with Crippen LogP contribution in [0.2, 0.25) is 0 Å². The summed E-state index contributed by atoms with van der Waals surface area (Å²) in [5, 5.41) is 4.33. The van der Waals surface area contributed by atoms with E-state index in [1.165, 1.54) is 12.8 Å². The van der Waals surface area contributed by atoms with Crippen LogP contribution in [0.1, 0.15) is 40.5 Å². The Morgan fingerprint density at radius 3 is 1.50 bits per heavy atom. The first-order valence-corrected chi connectivity index (χ1v) is 5.99. The molecule has 0 fully saturated rings. The summed E-state index contributed by atoms with van der Waals surface area (Å²) in [6, 6.07) is 0. The predicted octanol–water partition coefficient (Wildman–Crippen LogP) is 1.74. The molecule has 3 nitrogen and oxygen atoms in total. The van der Waals surface area contributed by atoms with E-state index < -0.39 is 10.0 Å². The van der Waals surface area contributed by atoms with Crippen LogP contribution in [0, 0.1) is 5.41 Å². The SMILES string of the molecule is CCCC(C)(C)C.CS(N)(=O)=O. The highest BCUT2D eigenvalue weighted by atomic mass is 32.2. The van der Waals surface area contributed by atoms with Crippen LogP contribution in [-0.2, 0) is 10.0 Å². The number of hydrogen-bond donors (Lipinski definition) is 1. The third-order valence-corrected chi connectivity index (χ3v) is 1.000. The van der Waals surface area contributed by atoms with E-state index in [0.29, 0.717) is 5.41 Å². The number of rotatable bonds is 1. The lowest BCUT2D eigenvalue weighted by molar-refractivity contribution is 0.373. The van der Waals surface area contributed by atoms with E-state index in [1.54, 1.807) is 0 Å². The van der Waals surface area contributed by atoms with Crippen LogP contribution in [-0.4, -0.2) is 14.7 Å². The molecule has 0 heterocycles. The van der Waals surface area contributed by atoms with E-state index in [0.717, 1.165) is 6.26 Å². The summed E-state index contributed by atoms with van der Waals surface area (Å²) < 4.78 is 18.8. The van der Waals surface area contributed by atoms with Crippen molar-refractivity contribution in [3.05, 3.63) is 0 Å². The van der Waals surface area contributed by atoms with E-state index in [-0.39, 0.29) is 0 Å². The van der Waals surface area contributed by atoms with Crippen molar-refractivity contribution >= 4 is 10.0 Å². The van der Waals surface area contributed by atoms with Crippen LogP contribution in [0.15, 0.2) is 0 Å². The van der Waals surface area contributed by atoms with Crippen molar-refractivity contribution in [1.29, 1.82) is 0 Å². The van der Waals surface area contributed by atoms with Crippen LogP contribution in [0.25, 0.3) is 0 Å². The quantitative estimate of drug-likeness (QED) is 0.692. The fraction of sp³-hybridized carbons (Fsp3) is 1.00. The molecular formula is C8H21NO2S. The molecular weight excluding hydrogens is 174 g/mol. The molecule has 4 heteroatoms. The highest BCUT2D eigenvalue weighted by Gasteiger charge is 2.06. The average Bonchev–Trinajstić information content (AvgIpc) is 1.54. The first-order chi connectivity index (χ1) is 5.06. The van der Waals surface area contributed by atoms with Gasteiger partial charge in [0.2, 0.25) is 10.0 Å². The Labute approximate surface area is 76.4 Å². The topological polar surface area (TPSA) is 60.2 Å². The summed E-state index contributed by atoms with van der Waals surface area (Å²) in [6.45, 7) is 9.05. The van der Waals surface area contributed by atoms with Crippen molar-refractivity contribution in [1.82, 2.24) is 0 Å². The summed E-state index contributed by atoms with van der Waals surface area (Å²) in [6.07, 6.45) is 3.59. The van der Waals surface area contributed by atoms with E-state index >= 15 is 0 Å². The highest BCUT2D eigenvalue weighted by Crippen LogP contribution is 2.19. The fourth-order valence-electron chi connectivity index (χ4n) is 0.750. The molecule has 0 unspecified atom stereocenters. The molecule has 0 aliphatic carbocycles. The number of nitrogens with two attached hydrogens (primary N) is 1. The molecule has 0 amide bonds. The second kappa shape index (κ2) is 5.54. The van der Waals surface area contributed by atoms with E-state index in [2.05, 4.69) is 32.8 Å². The van der Waals surface area contributed by atoms with Gasteiger partial charge in [-0.2, -0.15) is 0 Å². The minimum atomic E-state index is -3.17. The Bertz CT molecular complexity index is 182. The highest BCUT2D eigenvalue weighted by molar-refractivity contribution is 7.88. The molecule has 0 atom stereocenters. The monoisotopic (exact) mass is 195 g/mol. The Balaban J connectivity index is 0. The van der Waals surface area contributed by atoms with Gasteiger partial charge in [-0.1, -0.05) is 34.1 Å². The zero-order valence-corrected chi connectivity index (χ0v) is 9.53. The zero-order chi connectivity index (χ0) is 10.4. The van der Waals surface area contributed by atoms with Gasteiger partial charge in [0, 0.05) is 0 Å². The van der Waals surface area contributed by atoms with Crippen molar-refractivity contribution in [2.24, 2.45) is 10.6 Å². The van der Waals surface area contributed by atoms with Gasteiger partial charge in [-0.3, -0.25) is 0 Å². The normalized spacial score (nSPS) is 11.8. The van der Waals surface area contributed by atoms with Crippen molar-refractivity contribution in [2.45, 2.75) is 40.5 Å². The number of hydrogen-bond acceptors (Lipinski definition) is 2. The lowest BCUT2D eigenvalue weighted by atomic mass is 9.91. The van der Waals surface area contributed by atoms with E-state index in [4.69, 9.17) is 0 Å². The number of sulfonamides is 1. The molecule has 0 aromatic rings. The molecule has 12 heavy (non-hydrogen) atoms. The third-order valence-electron chi connectivity index (χ3n) is 1.000. The maximum absolute atomic E-state index is 9.41. The first kappa shape index (κ1) is 14.4. The average molecular weight is 195 g/mol. The minimum Gasteiger partial charge on any atom is -0.229 e. The van der Waals surface area contributed by atoms with Crippen LogP contribution in [0.3, 0.4) is 0 Å². The number of primary sulfonamides is 1. The lowest BCUT2D eigenvalue weighted by Gasteiger charge is -2.15. The summed E-state index contributed by atoms with van der Waals surface area (Å²) in [5.41, 5.74) is 0.550. The van der Waals surface area contributed by atoms with Gasteiger partial charge in [-0.05, 0) is 11.8 Å². The van der Waals surface area contributed by atoms with Gasteiger partial charge < -0.3 is 0 Å². The molecule has 0 spiro atoms. The van der Waals surface area contributed by atoms with Crippen molar-refractivity contribution < 1.29 is 8.42 Å². The van der Waals surface area contributed by atoms with Crippen molar-refractivity contribution in [3.63, 3.8) is 0 Å². The lowest BCUT2D eigenvalue weighted by Crippen LogP contribution is -2.07. The maximum Gasteiger partial charge on any atom is 0.206 e. The van der Waals surface area contributed by atoms with Crippen molar-refractivity contribution in [3.8, 4) is 0 Å². The Kier molecular flexibility index (Phi) is 6.66. The molecule has 0 aliphatic heterocycles. The zero-order valence-electron chi connectivity index (χ0n) is 8.72. The Morgan fingerprint density at radius 2 is 1.50 bits per heavy atom. The Morgan fingerprint density at radius 1 is 1.25 bits per heavy atom. The largest absolute Gasteiger partial charge is 0.229 e. The summed E-state index contributed by atoms with van der Waals surface area (Å²) in [7, 11) is -3.17. The smallest absolute Gasteiger partial charge is 0.206 e. The molecule has 76 valence electrons. The summed E-state index contributed by atoms with van der Waals surface area (Å²) in [5.74, 6) is 0. The summed E-state index contributed by atoms with van der Waals surface area (Å²) >= 11 is 0. The van der Waals surface area contributed by atoms with Gasteiger partial charge >= 0.3 is 0 Å². The second-order valence-electron chi connectivity index (χ2n) is 4.14. The summed E-state index contributed by atoms with van der Waals surface area (Å²) in [4.78, 5) is 0. The molecule has 0 aliphatic rings. The van der Waals surface area contributed by atoms with Crippen LogP contribution in [0.4, 0.5) is 0 Å². The molecule has 0 radical (unpaired) electrons. The third kappa shape index (κ3) is 51.5. The van der Waals surface area contributed by atoms with Crippen LogP contribution >= 0.6 is 0 Å². The van der Waals surface area contributed by atoms with Gasteiger partial charge in [-0.15, -0.1) is 0 Å².